The Kier molecular flexibility index (Phi) is 2.97. The van der Waals surface area contributed by atoms with Gasteiger partial charge in [0.05, 0.1) is 14.2 Å². The van der Waals surface area contributed by atoms with Crippen molar-refractivity contribution in [2.24, 2.45) is 11.8 Å². The summed E-state index contributed by atoms with van der Waals surface area (Å²) in [4.78, 5) is 2.61. The lowest BCUT2D eigenvalue weighted by atomic mass is 9.65. The molecule has 3 unspecified atom stereocenters. The molecular weight excluding hydrogens is 262 g/mol. The molecule has 114 valence electrons. The van der Waals surface area contributed by atoms with Gasteiger partial charge in [0, 0.05) is 11.5 Å². The summed E-state index contributed by atoms with van der Waals surface area (Å²) in [6.07, 6.45) is 5.55. The summed E-state index contributed by atoms with van der Waals surface area (Å²) < 4.78 is 11.0. The van der Waals surface area contributed by atoms with E-state index in [1.165, 1.54) is 37.8 Å². The molecular formula is C18H25NO2. The SMILES string of the molecule is COc1ccc([C@]23CCN(C)C2C2CCC3C2)cc1OC. The second-order valence-electron chi connectivity index (χ2n) is 7.06. The molecule has 3 fully saturated rings. The average molecular weight is 287 g/mol. The largest absolute Gasteiger partial charge is 0.493 e. The van der Waals surface area contributed by atoms with Crippen molar-refractivity contribution in [2.45, 2.75) is 37.1 Å². The summed E-state index contributed by atoms with van der Waals surface area (Å²) in [6, 6.07) is 7.35. The third-order valence-electron chi connectivity index (χ3n) is 6.45. The number of hydrogen-bond acceptors (Lipinski definition) is 3. The smallest absolute Gasteiger partial charge is 0.161 e. The van der Waals surface area contributed by atoms with Crippen LogP contribution in [0.1, 0.15) is 31.2 Å². The second-order valence-corrected chi connectivity index (χ2v) is 7.06. The van der Waals surface area contributed by atoms with Gasteiger partial charge in [-0.2, -0.15) is 0 Å². The van der Waals surface area contributed by atoms with Gasteiger partial charge < -0.3 is 14.4 Å². The van der Waals surface area contributed by atoms with Crippen LogP contribution in [0, 0.1) is 11.8 Å². The maximum atomic E-state index is 5.55. The van der Waals surface area contributed by atoms with Gasteiger partial charge in [0.2, 0.25) is 0 Å². The Balaban J connectivity index is 1.81. The third-order valence-corrected chi connectivity index (χ3v) is 6.45. The molecule has 1 aromatic carbocycles. The predicted octanol–water partition coefficient (Wildman–Crippen LogP) is 3.08. The van der Waals surface area contributed by atoms with Crippen LogP contribution in [0.5, 0.6) is 11.5 Å². The number of likely N-dealkylation sites (N-methyl/N-ethyl adjacent to an activating group) is 1. The van der Waals surface area contributed by atoms with E-state index in [0.717, 1.165) is 29.4 Å². The number of rotatable bonds is 3. The minimum atomic E-state index is 0.358. The number of ether oxygens (including phenoxy) is 2. The number of likely N-dealkylation sites (tertiary alicyclic amines) is 1. The molecule has 1 heterocycles. The Morgan fingerprint density at radius 3 is 2.71 bits per heavy atom. The van der Waals surface area contributed by atoms with E-state index in [1.807, 2.05) is 0 Å². The summed E-state index contributed by atoms with van der Waals surface area (Å²) in [7, 11) is 5.76. The fourth-order valence-electron chi connectivity index (χ4n) is 5.72. The maximum Gasteiger partial charge on any atom is 0.161 e. The van der Waals surface area contributed by atoms with Crippen molar-refractivity contribution in [1.82, 2.24) is 4.90 Å². The predicted molar refractivity (Wildman–Crippen MR) is 83.1 cm³/mol. The Morgan fingerprint density at radius 2 is 1.95 bits per heavy atom. The zero-order chi connectivity index (χ0) is 14.6. The lowest BCUT2D eigenvalue weighted by Crippen LogP contribution is -2.45. The molecule has 3 heteroatoms. The molecule has 4 rings (SSSR count). The van der Waals surface area contributed by atoms with Gasteiger partial charge in [-0.15, -0.1) is 0 Å². The molecule has 1 aliphatic heterocycles. The molecule has 0 aromatic heterocycles. The van der Waals surface area contributed by atoms with Crippen molar-refractivity contribution in [3.05, 3.63) is 23.8 Å². The molecule has 2 bridgehead atoms. The van der Waals surface area contributed by atoms with E-state index in [2.05, 4.69) is 30.1 Å². The van der Waals surface area contributed by atoms with Gasteiger partial charge in [-0.3, -0.25) is 0 Å². The highest BCUT2D eigenvalue weighted by molar-refractivity contribution is 5.47. The fraction of sp³-hybridized carbons (Fsp3) is 0.667. The number of fused-ring (bicyclic) bond motifs is 5. The summed E-state index contributed by atoms with van der Waals surface area (Å²) in [5.41, 5.74) is 1.83. The lowest BCUT2D eigenvalue weighted by Gasteiger charge is -2.41. The van der Waals surface area contributed by atoms with Crippen LogP contribution in [-0.4, -0.2) is 38.8 Å². The van der Waals surface area contributed by atoms with E-state index in [0.29, 0.717) is 5.41 Å². The standard InChI is InChI=1S/C18H25NO2/c1-19-9-8-18(13-5-4-12(10-13)17(18)19)14-6-7-15(20-2)16(11-14)21-3/h6-7,11-13,17H,4-5,8-10H2,1-3H3/t12?,13?,17?,18-/m1/s1. The minimum absolute atomic E-state index is 0.358. The van der Waals surface area contributed by atoms with Gasteiger partial charge in [0.15, 0.2) is 11.5 Å². The molecule has 0 spiro atoms. The topological polar surface area (TPSA) is 21.7 Å². The molecule has 2 saturated carbocycles. The maximum absolute atomic E-state index is 5.55. The molecule has 2 aliphatic carbocycles. The lowest BCUT2D eigenvalue weighted by molar-refractivity contribution is 0.169. The molecule has 0 amide bonds. The first-order chi connectivity index (χ1) is 10.2. The Bertz CT molecular complexity index is 558. The quantitative estimate of drug-likeness (QED) is 0.853. The monoisotopic (exact) mass is 287 g/mol. The van der Waals surface area contributed by atoms with Crippen molar-refractivity contribution >= 4 is 0 Å². The number of hydrogen-bond donors (Lipinski definition) is 0. The summed E-state index contributed by atoms with van der Waals surface area (Å²) >= 11 is 0. The summed E-state index contributed by atoms with van der Waals surface area (Å²) in [6.45, 7) is 1.23. The zero-order valence-corrected chi connectivity index (χ0v) is 13.3. The summed E-state index contributed by atoms with van der Waals surface area (Å²) in [5.74, 6) is 3.47. The summed E-state index contributed by atoms with van der Waals surface area (Å²) in [5, 5.41) is 0. The Labute approximate surface area is 127 Å². The second kappa shape index (κ2) is 4.64. The van der Waals surface area contributed by atoms with Crippen LogP contribution in [0.25, 0.3) is 0 Å². The van der Waals surface area contributed by atoms with E-state index < -0.39 is 0 Å². The highest BCUT2D eigenvalue weighted by Gasteiger charge is 2.62. The van der Waals surface area contributed by atoms with Crippen molar-refractivity contribution in [2.75, 3.05) is 27.8 Å². The van der Waals surface area contributed by atoms with Gasteiger partial charge in [-0.1, -0.05) is 6.07 Å². The van der Waals surface area contributed by atoms with E-state index in [4.69, 9.17) is 9.47 Å². The van der Waals surface area contributed by atoms with E-state index in [-0.39, 0.29) is 0 Å². The van der Waals surface area contributed by atoms with Crippen LogP contribution >= 0.6 is 0 Å². The molecule has 3 nitrogen and oxygen atoms in total. The van der Waals surface area contributed by atoms with E-state index in [9.17, 15) is 0 Å². The van der Waals surface area contributed by atoms with Crippen LogP contribution in [0.3, 0.4) is 0 Å². The first-order valence-corrected chi connectivity index (χ1v) is 8.13. The van der Waals surface area contributed by atoms with Crippen LogP contribution < -0.4 is 9.47 Å². The van der Waals surface area contributed by atoms with Crippen LogP contribution in [0.15, 0.2) is 18.2 Å². The molecule has 1 aromatic rings. The van der Waals surface area contributed by atoms with Crippen molar-refractivity contribution in [3.8, 4) is 11.5 Å². The van der Waals surface area contributed by atoms with Crippen LogP contribution in [0.2, 0.25) is 0 Å². The number of nitrogens with zero attached hydrogens (tertiary/aromatic N) is 1. The van der Waals surface area contributed by atoms with E-state index in [1.54, 1.807) is 14.2 Å². The first kappa shape index (κ1) is 13.4. The van der Waals surface area contributed by atoms with Crippen LogP contribution in [0.4, 0.5) is 0 Å². The molecule has 1 saturated heterocycles. The Morgan fingerprint density at radius 1 is 1.14 bits per heavy atom. The molecule has 4 atom stereocenters. The average Bonchev–Trinajstić information content (AvgIpc) is 3.19. The molecule has 3 aliphatic rings. The normalized spacial score (nSPS) is 37.8. The zero-order valence-electron chi connectivity index (χ0n) is 13.3. The van der Waals surface area contributed by atoms with E-state index >= 15 is 0 Å². The Hall–Kier alpha value is -1.22. The van der Waals surface area contributed by atoms with Gasteiger partial charge >= 0.3 is 0 Å². The van der Waals surface area contributed by atoms with Crippen LogP contribution in [-0.2, 0) is 5.41 Å². The van der Waals surface area contributed by atoms with Crippen molar-refractivity contribution < 1.29 is 9.47 Å². The third kappa shape index (κ3) is 1.64. The van der Waals surface area contributed by atoms with Crippen molar-refractivity contribution in [1.29, 1.82) is 0 Å². The molecule has 0 N–H and O–H groups in total. The van der Waals surface area contributed by atoms with Crippen molar-refractivity contribution in [3.63, 3.8) is 0 Å². The molecule has 21 heavy (non-hydrogen) atoms. The number of benzene rings is 1. The number of methoxy groups -OCH3 is 2. The fourth-order valence-corrected chi connectivity index (χ4v) is 5.72. The highest BCUT2D eigenvalue weighted by Crippen LogP contribution is 2.63. The van der Waals surface area contributed by atoms with Gasteiger partial charge in [0.1, 0.15) is 0 Å². The first-order valence-electron chi connectivity index (χ1n) is 8.13. The highest BCUT2D eigenvalue weighted by atomic mass is 16.5. The molecule has 0 radical (unpaired) electrons. The minimum Gasteiger partial charge on any atom is -0.493 e. The van der Waals surface area contributed by atoms with Gasteiger partial charge in [-0.05, 0) is 68.8 Å². The van der Waals surface area contributed by atoms with Gasteiger partial charge in [0.25, 0.3) is 0 Å². The van der Waals surface area contributed by atoms with Gasteiger partial charge in [-0.25, -0.2) is 0 Å².